The zero-order valence-corrected chi connectivity index (χ0v) is 18.6. The number of hydrogen-bond acceptors (Lipinski definition) is 10. The minimum absolute atomic E-state index is 0.270. The number of nitrogens with zero attached hydrogens (tertiary/aromatic N) is 4. The molecule has 0 spiro atoms. The van der Waals surface area contributed by atoms with Crippen molar-refractivity contribution in [3.8, 4) is 5.75 Å². The van der Waals surface area contributed by atoms with Gasteiger partial charge < -0.3 is 30.1 Å². The van der Waals surface area contributed by atoms with Crippen molar-refractivity contribution in [2.45, 2.75) is 51.6 Å². The number of hydrazine groups is 1. The molecule has 10 nitrogen and oxygen atoms in total. The summed E-state index contributed by atoms with van der Waals surface area (Å²) in [5.74, 6) is 7.68. The number of likely N-dealkylation sites (N-methyl/N-ethyl adjacent to an activating group) is 1. The molecule has 31 heavy (non-hydrogen) atoms. The van der Waals surface area contributed by atoms with E-state index in [0.29, 0.717) is 48.5 Å². The summed E-state index contributed by atoms with van der Waals surface area (Å²) < 4.78 is 16.3. The summed E-state index contributed by atoms with van der Waals surface area (Å²) in [6.07, 6.45) is 6.74. The second-order valence-corrected chi connectivity index (χ2v) is 7.74. The number of aryl methyl sites for hydroxylation is 1. The Morgan fingerprint density at radius 1 is 1.26 bits per heavy atom. The molecule has 1 aliphatic rings. The van der Waals surface area contributed by atoms with Gasteiger partial charge >= 0.3 is 0 Å². The monoisotopic (exact) mass is 431 g/mol. The highest BCUT2D eigenvalue weighted by molar-refractivity contribution is 5.64. The van der Waals surface area contributed by atoms with E-state index >= 15 is 0 Å². The van der Waals surface area contributed by atoms with Gasteiger partial charge in [0.25, 0.3) is 5.95 Å². The lowest BCUT2D eigenvalue weighted by Crippen LogP contribution is -2.32. The Morgan fingerprint density at radius 3 is 2.71 bits per heavy atom. The van der Waals surface area contributed by atoms with Crippen molar-refractivity contribution in [3.05, 3.63) is 35.1 Å². The maximum atomic E-state index is 6.41. The standard InChI is InChI=1S/C21H33N7O3/c1-14-18(30-15-7-5-4-6-8-15)10-9-16(25-14)20(22)17(28(2)23)13-24-21-26-19(31-27-21)11-12-29-3/h9-10,15H,4-8,11-13,22-23H2,1-3H3,(H,24,27)/b20-17-. The molecule has 0 saturated heterocycles. The maximum absolute atomic E-state index is 6.41. The van der Waals surface area contributed by atoms with Crippen LogP contribution in [-0.4, -0.2) is 53.5 Å². The third-order valence-electron chi connectivity index (χ3n) is 5.30. The van der Waals surface area contributed by atoms with Crippen molar-refractivity contribution in [1.29, 1.82) is 0 Å². The molecule has 2 aromatic rings. The van der Waals surface area contributed by atoms with Crippen LogP contribution in [0, 0.1) is 6.92 Å². The number of hydrogen-bond donors (Lipinski definition) is 3. The van der Waals surface area contributed by atoms with E-state index in [9.17, 15) is 0 Å². The average molecular weight is 432 g/mol. The van der Waals surface area contributed by atoms with Gasteiger partial charge in [0, 0.05) is 14.2 Å². The van der Waals surface area contributed by atoms with Crippen LogP contribution >= 0.6 is 0 Å². The Balaban J connectivity index is 1.69. The van der Waals surface area contributed by atoms with Gasteiger partial charge in [-0.2, -0.15) is 4.98 Å². The Labute approximate surface area is 182 Å². The lowest BCUT2D eigenvalue weighted by molar-refractivity contribution is 0.153. The zero-order valence-electron chi connectivity index (χ0n) is 18.6. The lowest BCUT2D eigenvalue weighted by atomic mass is 9.98. The first-order valence-electron chi connectivity index (χ1n) is 10.6. The fraction of sp³-hybridized carbons (Fsp3) is 0.571. The van der Waals surface area contributed by atoms with E-state index in [-0.39, 0.29) is 6.10 Å². The van der Waals surface area contributed by atoms with Crippen molar-refractivity contribution < 1.29 is 14.0 Å². The summed E-state index contributed by atoms with van der Waals surface area (Å²) in [5, 5.41) is 8.45. The molecule has 0 atom stereocenters. The molecule has 1 fully saturated rings. The normalized spacial score (nSPS) is 15.5. The van der Waals surface area contributed by atoms with Gasteiger partial charge in [0.05, 0.1) is 48.5 Å². The van der Waals surface area contributed by atoms with Gasteiger partial charge in [-0.25, -0.2) is 10.8 Å². The van der Waals surface area contributed by atoms with Crippen molar-refractivity contribution >= 4 is 11.6 Å². The molecule has 0 unspecified atom stereocenters. The number of rotatable bonds is 10. The minimum Gasteiger partial charge on any atom is -0.489 e. The van der Waals surface area contributed by atoms with E-state index in [4.69, 9.17) is 25.6 Å². The molecule has 2 aromatic heterocycles. The first kappa shape index (κ1) is 22.8. The molecule has 0 bridgehead atoms. The molecule has 0 aromatic carbocycles. The highest BCUT2D eigenvalue weighted by Crippen LogP contribution is 2.26. The Hall–Kier alpha value is -2.85. The van der Waals surface area contributed by atoms with E-state index in [2.05, 4.69) is 20.4 Å². The van der Waals surface area contributed by atoms with Crippen LogP contribution in [0.3, 0.4) is 0 Å². The van der Waals surface area contributed by atoms with Gasteiger partial charge in [0.1, 0.15) is 5.75 Å². The van der Waals surface area contributed by atoms with Crippen LogP contribution in [0.5, 0.6) is 5.75 Å². The third kappa shape index (κ3) is 6.31. The summed E-state index contributed by atoms with van der Waals surface area (Å²) in [7, 11) is 3.34. The highest BCUT2D eigenvalue weighted by atomic mass is 16.5. The summed E-state index contributed by atoms with van der Waals surface area (Å²) >= 11 is 0. The first-order chi connectivity index (χ1) is 15.0. The Bertz CT molecular complexity index is 876. The molecule has 0 radical (unpaired) electrons. The van der Waals surface area contributed by atoms with Gasteiger partial charge in [0.2, 0.25) is 5.89 Å². The number of pyridine rings is 1. The molecule has 170 valence electrons. The van der Waals surface area contributed by atoms with E-state index < -0.39 is 0 Å². The van der Waals surface area contributed by atoms with Gasteiger partial charge in [-0.1, -0.05) is 6.42 Å². The zero-order chi connectivity index (χ0) is 22.2. The van der Waals surface area contributed by atoms with Crippen LogP contribution in [-0.2, 0) is 11.2 Å². The predicted octanol–water partition coefficient (Wildman–Crippen LogP) is 2.22. The van der Waals surface area contributed by atoms with Gasteiger partial charge in [-0.3, -0.25) is 0 Å². The van der Waals surface area contributed by atoms with Gasteiger partial charge in [0.15, 0.2) is 0 Å². The number of ether oxygens (including phenoxy) is 2. The molecule has 10 heteroatoms. The molecule has 2 heterocycles. The average Bonchev–Trinajstić information content (AvgIpc) is 3.22. The number of aromatic nitrogens is 3. The van der Waals surface area contributed by atoms with Crippen LogP contribution in [0.4, 0.5) is 5.95 Å². The molecule has 1 saturated carbocycles. The smallest absolute Gasteiger partial charge is 0.263 e. The van der Waals surface area contributed by atoms with Crippen molar-refractivity contribution in [3.63, 3.8) is 0 Å². The number of nitrogens with one attached hydrogen (secondary N) is 1. The number of methoxy groups -OCH3 is 1. The largest absolute Gasteiger partial charge is 0.489 e. The van der Waals surface area contributed by atoms with Gasteiger partial charge in [-0.05, 0) is 49.9 Å². The summed E-state index contributed by atoms with van der Waals surface area (Å²) in [4.78, 5) is 8.92. The fourth-order valence-corrected chi connectivity index (χ4v) is 3.52. The summed E-state index contributed by atoms with van der Waals surface area (Å²) in [6, 6.07) is 3.79. The van der Waals surface area contributed by atoms with Crippen molar-refractivity contribution in [2.24, 2.45) is 11.6 Å². The van der Waals surface area contributed by atoms with Crippen molar-refractivity contribution in [1.82, 2.24) is 20.1 Å². The topological polar surface area (TPSA) is 138 Å². The van der Waals surface area contributed by atoms with E-state index in [1.165, 1.54) is 24.3 Å². The second-order valence-electron chi connectivity index (χ2n) is 7.74. The quantitative estimate of drug-likeness (QED) is 0.379. The Kier molecular flexibility index (Phi) is 8.07. The Morgan fingerprint density at radius 2 is 2.03 bits per heavy atom. The lowest BCUT2D eigenvalue weighted by Gasteiger charge is -2.24. The SMILES string of the molecule is COCCc1nc(NC/C(=C(/N)c2ccc(OC3CCCCC3)c(C)n2)N(C)N)no1. The number of anilines is 1. The second kappa shape index (κ2) is 11.0. The van der Waals surface area contributed by atoms with E-state index in [1.807, 2.05) is 19.1 Å². The molecule has 5 N–H and O–H groups in total. The summed E-state index contributed by atoms with van der Waals surface area (Å²) in [5.41, 5.74) is 8.97. The van der Waals surface area contributed by atoms with Crippen LogP contribution in [0.25, 0.3) is 5.70 Å². The van der Waals surface area contributed by atoms with E-state index in [1.54, 1.807) is 14.2 Å². The third-order valence-corrected chi connectivity index (χ3v) is 5.30. The van der Waals surface area contributed by atoms with E-state index in [0.717, 1.165) is 24.3 Å². The molecular weight excluding hydrogens is 398 g/mol. The first-order valence-corrected chi connectivity index (χ1v) is 10.6. The molecule has 0 aliphatic heterocycles. The van der Waals surface area contributed by atoms with Crippen LogP contribution < -0.4 is 21.6 Å². The highest BCUT2D eigenvalue weighted by Gasteiger charge is 2.18. The fourth-order valence-electron chi connectivity index (χ4n) is 3.52. The van der Waals surface area contributed by atoms with Crippen LogP contribution in [0.1, 0.15) is 49.4 Å². The minimum atomic E-state index is 0.270. The summed E-state index contributed by atoms with van der Waals surface area (Å²) in [6.45, 7) is 2.75. The van der Waals surface area contributed by atoms with Crippen LogP contribution in [0.15, 0.2) is 22.4 Å². The van der Waals surface area contributed by atoms with Gasteiger partial charge in [-0.15, -0.1) is 0 Å². The number of nitrogens with two attached hydrogens (primary N) is 2. The molecule has 0 amide bonds. The maximum Gasteiger partial charge on any atom is 0.263 e. The molecular formula is C21H33N7O3. The van der Waals surface area contributed by atoms with Crippen molar-refractivity contribution in [2.75, 3.05) is 32.6 Å². The van der Waals surface area contributed by atoms with Crippen LogP contribution in [0.2, 0.25) is 0 Å². The predicted molar refractivity (Wildman–Crippen MR) is 118 cm³/mol. The molecule has 3 rings (SSSR count). The molecule has 1 aliphatic carbocycles.